The minimum Gasteiger partial charge on any atom is -0.325 e. The van der Waals surface area contributed by atoms with Crippen LogP contribution >= 0.6 is 0 Å². The molecular weight excluding hydrogens is 106 g/mol. The molecule has 3 heteroatoms. The van der Waals surface area contributed by atoms with E-state index in [9.17, 15) is 9.90 Å². The van der Waals surface area contributed by atoms with Crippen molar-refractivity contribution < 1.29 is 9.90 Å². The maximum atomic E-state index is 9.82. The monoisotopic (exact) mass is 116 g/mol. The lowest BCUT2D eigenvalue weighted by Crippen LogP contribution is -2.34. The van der Waals surface area contributed by atoms with E-state index >= 15 is 0 Å². The normalized spacial score (nSPS) is 11.4. The van der Waals surface area contributed by atoms with E-state index in [2.05, 4.69) is 0 Å². The van der Waals surface area contributed by atoms with Gasteiger partial charge in [0.2, 0.25) is 0 Å². The predicted molar refractivity (Wildman–Crippen MR) is 28.6 cm³/mol. The Morgan fingerprint density at radius 1 is 1.62 bits per heavy atom. The molecule has 0 aliphatic rings. The summed E-state index contributed by atoms with van der Waals surface area (Å²) >= 11 is 0. The van der Waals surface area contributed by atoms with Crippen molar-refractivity contribution in [3.05, 3.63) is 0 Å². The molecule has 0 amide bonds. The number of hydrogen-bond donors (Lipinski definition) is 1. The van der Waals surface area contributed by atoms with Gasteiger partial charge in [0, 0.05) is 5.54 Å². The van der Waals surface area contributed by atoms with Crippen LogP contribution in [0.3, 0.4) is 0 Å². The van der Waals surface area contributed by atoms with Crippen LogP contribution in [-0.4, -0.2) is 11.5 Å². The van der Waals surface area contributed by atoms with E-state index in [1.165, 1.54) is 0 Å². The molecule has 0 atom stereocenters. The molecule has 0 aliphatic carbocycles. The summed E-state index contributed by atoms with van der Waals surface area (Å²) < 4.78 is 0. The van der Waals surface area contributed by atoms with Crippen LogP contribution in [-0.2, 0) is 9.90 Å². The number of carbonyl (C=O) groups excluding carboxylic acids is 1. The summed E-state index contributed by atoms with van der Waals surface area (Å²) in [7, 11) is 0. The highest BCUT2D eigenvalue weighted by atomic mass is 16.4. The van der Waals surface area contributed by atoms with Gasteiger partial charge in [0.1, 0.15) is 0 Å². The molecule has 8 heavy (non-hydrogen) atoms. The van der Waals surface area contributed by atoms with Gasteiger partial charge in [0.05, 0.1) is 6.42 Å². The zero-order valence-corrected chi connectivity index (χ0v) is 5.10. The Balaban J connectivity index is 3.55. The molecule has 47 valence electrons. The van der Waals surface area contributed by atoms with Gasteiger partial charge >= 0.3 is 5.97 Å². The summed E-state index contributed by atoms with van der Waals surface area (Å²) in [6.45, 7) is 3.28. The van der Waals surface area contributed by atoms with Crippen LogP contribution in [0.2, 0.25) is 0 Å². The Kier molecular flexibility index (Phi) is 1.98. The second-order valence-corrected chi connectivity index (χ2v) is 2.54. The maximum absolute atomic E-state index is 9.82. The number of hydrogen-bond acceptors (Lipinski definition) is 2. The molecule has 0 aromatic heterocycles. The van der Waals surface area contributed by atoms with Crippen molar-refractivity contribution in [2.45, 2.75) is 25.8 Å². The largest absolute Gasteiger partial charge is 0.357 e. The number of nitrogens with two attached hydrogens (primary N) is 1. The average Bonchev–Trinajstić information content (AvgIpc) is 1.21. The van der Waals surface area contributed by atoms with E-state index in [0.29, 0.717) is 0 Å². The highest BCUT2D eigenvalue weighted by molar-refractivity contribution is 5.67. The van der Waals surface area contributed by atoms with Gasteiger partial charge in [-0.1, -0.05) is 0 Å². The summed E-state index contributed by atoms with van der Waals surface area (Å²) in [6, 6.07) is 0. The van der Waals surface area contributed by atoms with Crippen LogP contribution in [0.1, 0.15) is 20.3 Å². The van der Waals surface area contributed by atoms with Gasteiger partial charge in [-0.05, 0) is 13.8 Å². The first-order valence-corrected chi connectivity index (χ1v) is 2.40. The van der Waals surface area contributed by atoms with Crippen molar-refractivity contribution in [1.29, 1.82) is 0 Å². The quantitative estimate of drug-likeness (QED) is 0.555. The van der Waals surface area contributed by atoms with Crippen molar-refractivity contribution in [2.75, 3.05) is 0 Å². The molecule has 0 aromatic carbocycles. The molecule has 1 radical (unpaired) electrons. The van der Waals surface area contributed by atoms with E-state index < -0.39 is 11.5 Å². The Morgan fingerprint density at radius 2 is 2.00 bits per heavy atom. The molecule has 0 heterocycles. The highest BCUT2D eigenvalue weighted by Crippen LogP contribution is 2.01. The Labute approximate surface area is 48.5 Å². The zero-order chi connectivity index (χ0) is 6.78. The van der Waals surface area contributed by atoms with Crippen molar-refractivity contribution >= 4 is 5.97 Å². The van der Waals surface area contributed by atoms with Gasteiger partial charge in [-0.3, -0.25) is 0 Å². The van der Waals surface area contributed by atoms with Crippen LogP contribution in [0.5, 0.6) is 0 Å². The van der Waals surface area contributed by atoms with Crippen LogP contribution in [0.4, 0.5) is 0 Å². The highest BCUT2D eigenvalue weighted by Gasteiger charge is 2.15. The molecule has 0 aromatic rings. The van der Waals surface area contributed by atoms with E-state index in [1.54, 1.807) is 13.8 Å². The summed E-state index contributed by atoms with van der Waals surface area (Å²) in [5.74, 6) is -1.10. The van der Waals surface area contributed by atoms with Crippen LogP contribution < -0.4 is 5.73 Å². The van der Waals surface area contributed by atoms with Crippen molar-refractivity contribution in [3.8, 4) is 0 Å². The fraction of sp³-hybridized carbons (Fsp3) is 0.800. The molecule has 0 unspecified atom stereocenters. The molecule has 3 nitrogen and oxygen atoms in total. The first-order chi connectivity index (χ1) is 3.42. The zero-order valence-electron chi connectivity index (χ0n) is 5.10. The number of carbonyl (C=O) groups is 1. The third-order valence-electron chi connectivity index (χ3n) is 0.600. The molecule has 2 N–H and O–H groups in total. The van der Waals surface area contributed by atoms with Crippen molar-refractivity contribution in [1.82, 2.24) is 0 Å². The van der Waals surface area contributed by atoms with Gasteiger partial charge in [-0.15, -0.1) is 0 Å². The number of rotatable bonds is 2. The third kappa shape index (κ3) is 5.43. The predicted octanol–water partition coefficient (Wildman–Crippen LogP) is 0.0709. The first-order valence-electron chi connectivity index (χ1n) is 2.40. The Morgan fingerprint density at radius 3 is 2.00 bits per heavy atom. The van der Waals surface area contributed by atoms with E-state index in [1.807, 2.05) is 0 Å². The topological polar surface area (TPSA) is 63.0 Å². The van der Waals surface area contributed by atoms with Crippen LogP contribution in [0, 0.1) is 0 Å². The molecule has 0 rings (SSSR count). The molecule has 0 spiro atoms. The van der Waals surface area contributed by atoms with Crippen molar-refractivity contribution in [3.63, 3.8) is 0 Å². The summed E-state index contributed by atoms with van der Waals surface area (Å²) in [6.07, 6.45) is -0.0903. The lowest BCUT2D eigenvalue weighted by atomic mass is 10.0. The molecule has 0 aliphatic heterocycles. The summed E-state index contributed by atoms with van der Waals surface area (Å²) in [4.78, 5) is 9.82. The molecule has 0 saturated carbocycles. The molecule has 0 fully saturated rings. The van der Waals surface area contributed by atoms with Crippen molar-refractivity contribution in [2.24, 2.45) is 5.73 Å². The Hall–Kier alpha value is -0.570. The first kappa shape index (κ1) is 7.43. The minimum atomic E-state index is -1.10. The second kappa shape index (κ2) is 2.13. The van der Waals surface area contributed by atoms with E-state index in [4.69, 9.17) is 5.73 Å². The SMILES string of the molecule is CC(C)(N)CC([O])=O. The third-order valence-corrected chi connectivity index (χ3v) is 0.600. The maximum Gasteiger partial charge on any atom is 0.357 e. The van der Waals surface area contributed by atoms with Gasteiger partial charge in [0.25, 0.3) is 0 Å². The second-order valence-electron chi connectivity index (χ2n) is 2.54. The van der Waals surface area contributed by atoms with Gasteiger partial charge in [-0.2, -0.15) is 0 Å². The van der Waals surface area contributed by atoms with E-state index in [0.717, 1.165) is 0 Å². The standard InChI is InChI=1S/C5H10NO2/c1-5(2,6)3-4(7)8/h3,6H2,1-2H3. The van der Waals surface area contributed by atoms with Gasteiger partial charge < -0.3 is 5.73 Å². The van der Waals surface area contributed by atoms with Crippen LogP contribution in [0.25, 0.3) is 0 Å². The molecule has 0 bridgehead atoms. The summed E-state index contributed by atoms with van der Waals surface area (Å²) in [5.41, 5.74) is 4.68. The molecule has 0 saturated heterocycles. The van der Waals surface area contributed by atoms with E-state index in [-0.39, 0.29) is 6.42 Å². The smallest absolute Gasteiger partial charge is 0.325 e. The van der Waals surface area contributed by atoms with Gasteiger partial charge in [0.15, 0.2) is 0 Å². The lowest BCUT2D eigenvalue weighted by molar-refractivity contribution is -0.144. The fourth-order valence-corrected chi connectivity index (χ4v) is 0.372. The average molecular weight is 116 g/mol. The lowest BCUT2D eigenvalue weighted by Gasteiger charge is -2.12. The Bertz CT molecular complexity index is 93.1. The minimum absolute atomic E-state index is 0.0903. The fourth-order valence-electron chi connectivity index (χ4n) is 0.372. The summed E-state index contributed by atoms with van der Waals surface area (Å²) in [5, 5.41) is 9.82. The van der Waals surface area contributed by atoms with Gasteiger partial charge in [-0.25, -0.2) is 9.90 Å². The molecular formula is C5H10NO2. The van der Waals surface area contributed by atoms with Crippen LogP contribution in [0.15, 0.2) is 0 Å².